The van der Waals surface area contributed by atoms with Gasteiger partial charge in [-0.3, -0.25) is 4.40 Å². The van der Waals surface area contributed by atoms with Crippen LogP contribution in [-0.4, -0.2) is 22.5 Å². The van der Waals surface area contributed by atoms with E-state index in [1.165, 1.54) is 39.3 Å². The molecule has 2 aromatic heterocycles. The standard InChI is InChI=1S/C23H31N3/c1-8-12-25(9-2)23-22(21-16(4)13-15(3)14-17(21)5)19(7)24-20-11-10-18(6)26(20)23/h10-11,13-14H,8-9,12H2,1-7H3. The van der Waals surface area contributed by atoms with Gasteiger partial charge in [0.25, 0.3) is 0 Å². The molecule has 0 amide bonds. The Balaban J connectivity index is 2.45. The molecule has 0 unspecified atom stereocenters. The molecule has 0 bridgehead atoms. The maximum absolute atomic E-state index is 4.95. The molecule has 0 aliphatic carbocycles. The number of aromatic nitrogens is 2. The molecule has 26 heavy (non-hydrogen) atoms. The van der Waals surface area contributed by atoms with E-state index in [4.69, 9.17) is 4.98 Å². The highest BCUT2D eigenvalue weighted by Crippen LogP contribution is 2.39. The average molecular weight is 350 g/mol. The fourth-order valence-corrected chi connectivity index (χ4v) is 4.24. The van der Waals surface area contributed by atoms with Crippen molar-refractivity contribution in [3.05, 3.63) is 52.3 Å². The van der Waals surface area contributed by atoms with Gasteiger partial charge in [-0.05, 0) is 76.8 Å². The summed E-state index contributed by atoms with van der Waals surface area (Å²) < 4.78 is 2.33. The van der Waals surface area contributed by atoms with E-state index in [9.17, 15) is 0 Å². The SMILES string of the molecule is CCCN(CC)c1c(-c2c(C)cc(C)cc2C)c(C)nc2ccc(C)n12. The Labute approximate surface area is 157 Å². The fraction of sp³-hybridized carbons (Fsp3) is 0.435. The van der Waals surface area contributed by atoms with Crippen LogP contribution in [0, 0.1) is 34.6 Å². The molecule has 1 aromatic carbocycles. The van der Waals surface area contributed by atoms with Crippen molar-refractivity contribution in [2.75, 3.05) is 18.0 Å². The van der Waals surface area contributed by atoms with Gasteiger partial charge in [0.1, 0.15) is 11.5 Å². The largest absolute Gasteiger partial charge is 0.357 e. The third-order valence-electron chi connectivity index (χ3n) is 5.24. The highest BCUT2D eigenvalue weighted by Gasteiger charge is 2.22. The van der Waals surface area contributed by atoms with E-state index in [0.717, 1.165) is 30.9 Å². The van der Waals surface area contributed by atoms with Gasteiger partial charge in [0, 0.05) is 24.3 Å². The van der Waals surface area contributed by atoms with Crippen LogP contribution < -0.4 is 4.90 Å². The second-order valence-corrected chi connectivity index (χ2v) is 7.42. The Morgan fingerprint density at radius 2 is 1.58 bits per heavy atom. The van der Waals surface area contributed by atoms with Crippen molar-refractivity contribution >= 4 is 11.5 Å². The lowest BCUT2D eigenvalue weighted by atomic mass is 9.92. The Hall–Kier alpha value is -2.29. The molecule has 3 heteroatoms. The molecule has 0 atom stereocenters. The van der Waals surface area contributed by atoms with Crippen LogP contribution in [0.1, 0.15) is 48.3 Å². The number of nitrogens with zero attached hydrogens (tertiary/aromatic N) is 3. The van der Waals surface area contributed by atoms with Gasteiger partial charge < -0.3 is 4.90 Å². The molecule has 0 aliphatic heterocycles. The molecule has 0 saturated carbocycles. The normalized spacial score (nSPS) is 11.3. The fourth-order valence-electron chi connectivity index (χ4n) is 4.24. The van der Waals surface area contributed by atoms with Gasteiger partial charge in [0.2, 0.25) is 0 Å². The van der Waals surface area contributed by atoms with E-state index in [-0.39, 0.29) is 0 Å². The van der Waals surface area contributed by atoms with Gasteiger partial charge >= 0.3 is 0 Å². The van der Waals surface area contributed by atoms with Crippen molar-refractivity contribution in [2.45, 2.75) is 54.9 Å². The zero-order valence-electron chi connectivity index (χ0n) is 17.3. The van der Waals surface area contributed by atoms with Gasteiger partial charge in [0.05, 0.1) is 5.69 Å². The number of anilines is 1. The van der Waals surface area contributed by atoms with Gasteiger partial charge in [0.15, 0.2) is 0 Å². The monoisotopic (exact) mass is 349 g/mol. The second-order valence-electron chi connectivity index (χ2n) is 7.42. The van der Waals surface area contributed by atoms with Crippen LogP contribution in [-0.2, 0) is 0 Å². The number of hydrogen-bond acceptors (Lipinski definition) is 2. The van der Waals surface area contributed by atoms with Crippen molar-refractivity contribution in [2.24, 2.45) is 0 Å². The summed E-state index contributed by atoms with van der Waals surface area (Å²) in [5.74, 6) is 1.29. The first-order chi connectivity index (χ1) is 12.4. The number of aryl methyl sites for hydroxylation is 5. The maximum atomic E-state index is 4.95. The minimum atomic E-state index is 0.987. The Kier molecular flexibility index (Phi) is 5.08. The minimum absolute atomic E-state index is 0.987. The minimum Gasteiger partial charge on any atom is -0.357 e. The summed E-state index contributed by atoms with van der Waals surface area (Å²) >= 11 is 0. The first-order valence-electron chi connectivity index (χ1n) is 9.70. The summed E-state index contributed by atoms with van der Waals surface area (Å²) in [6, 6.07) is 8.87. The molecule has 0 spiro atoms. The second kappa shape index (κ2) is 7.14. The van der Waals surface area contributed by atoms with E-state index < -0.39 is 0 Å². The Morgan fingerprint density at radius 3 is 2.15 bits per heavy atom. The zero-order chi connectivity index (χ0) is 19.0. The molecule has 3 rings (SSSR count). The maximum Gasteiger partial charge on any atom is 0.138 e. The van der Waals surface area contributed by atoms with Gasteiger partial charge in [-0.2, -0.15) is 0 Å². The van der Waals surface area contributed by atoms with Gasteiger partial charge in [-0.25, -0.2) is 4.98 Å². The van der Waals surface area contributed by atoms with Crippen molar-refractivity contribution in [1.29, 1.82) is 0 Å². The average Bonchev–Trinajstić information content (AvgIpc) is 2.93. The molecule has 3 nitrogen and oxygen atoms in total. The first kappa shape index (κ1) is 18.5. The lowest BCUT2D eigenvalue weighted by Gasteiger charge is -2.29. The van der Waals surface area contributed by atoms with E-state index in [2.05, 4.69) is 82.0 Å². The van der Waals surface area contributed by atoms with E-state index in [1.54, 1.807) is 0 Å². The van der Waals surface area contributed by atoms with E-state index in [1.807, 2.05) is 0 Å². The highest BCUT2D eigenvalue weighted by atomic mass is 15.2. The van der Waals surface area contributed by atoms with Crippen LogP contribution in [0.3, 0.4) is 0 Å². The van der Waals surface area contributed by atoms with Crippen LogP contribution in [0.15, 0.2) is 24.3 Å². The van der Waals surface area contributed by atoms with Crippen LogP contribution in [0.5, 0.6) is 0 Å². The smallest absolute Gasteiger partial charge is 0.138 e. The summed E-state index contributed by atoms with van der Waals surface area (Å²) in [4.78, 5) is 7.45. The summed E-state index contributed by atoms with van der Waals surface area (Å²) in [6.45, 7) is 17.5. The first-order valence-corrected chi connectivity index (χ1v) is 9.70. The molecule has 0 saturated heterocycles. The molecular weight excluding hydrogens is 318 g/mol. The predicted molar refractivity (Wildman–Crippen MR) is 112 cm³/mol. The van der Waals surface area contributed by atoms with Crippen molar-refractivity contribution < 1.29 is 0 Å². The van der Waals surface area contributed by atoms with E-state index in [0.29, 0.717) is 0 Å². The summed E-state index contributed by atoms with van der Waals surface area (Å²) in [5.41, 5.74) is 9.96. The van der Waals surface area contributed by atoms with Crippen molar-refractivity contribution in [3.63, 3.8) is 0 Å². The number of hydrogen-bond donors (Lipinski definition) is 0. The molecular formula is C23H31N3. The number of rotatable bonds is 5. The molecule has 138 valence electrons. The third-order valence-corrected chi connectivity index (χ3v) is 5.24. The van der Waals surface area contributed by atoms with Gasteiger partial charge in [-0.15, -0.1) is 0 Å². The Morgan fingerprint density at radius 1 is 0.923 bits per heavy atom. The lowest BCUT2D eigenvalue weighted by molar-refractivity contribution is 0.767. The van der Waals surface area contributed by atoms with Crippen molar-refractivity contribution in [3.8, 4) is 11.1 Å². The zero-order valence-corrected chi connectivity index (χ0v) is 17.3. The van der Waals surface area contributed by atoms with Crippen LogP contribution in [0.2, 0.25) is 0 Å². The van der Waals surface area contributed by atoms with Crippen LogP contribution in [0.4, 0.5) is 5.82 Å². The van der Waals surface area contributed by atoms with Gasteiger partial charge in [-0.1, -0.05) is 24.6 Å². The van der Waals surface area contributed by atoms with Crippen LogP contribution in [0.25, 0.3) is 16.8 Å². The number of benzene rings is 1. The molecule has 2 heterocycles. The third kappa shape index (κ3) is 3.00. The van der Waals surface area contributed by atoms with E-state index >= 15 is 0 Å². The molecule has 0 radical (unpaired) electrons. The molecule has 3 aromatic rings. The molecule has 0 N–H and O–H groups in total. The Bertz CT molecular complexity index is 927. The quantitative estimate of drug-likeness (QED) is 0.582. The lowest BCUT2D eigenvalue weighted by Crippen LogP contribution is -2.27. The predicted octanol–water partition coefficient (Wildman–Crippen LogP) is 5.78. The van der Waals surface area contributed by atoms with Crippen molar-refractivity contribution in [1.82, 2.24) is 9.38 Å². The number of fused-ring (bicyclic) bond motifs is 1. The molecule has 0 aliphatic rings. The molecule has 0 fully saturated rings. The topological polar surface area (TPSA) is 20.5 Å². The summed E-state index contributed by atoms with van der Waals surface area (Å²) in [5, 5.41) is 0. The summed E-state index contributed by atoms with van der Waals surface area (Å²) in [7, 11) is 0. The van der Waals surface area contributed by atoms with Crippen LogP contribution >= 0.6 is 0 Å². The highest BCUT2D eigenvalue weighted by molar-refractivity contribution is 5.84. The summed E-state index contributed by atoms with van der Waals surface area (Å²) in [6.07, 6.45) is 1.13.